The second-order valence-electron chi connectivity index (χ2n) is 11.3. The predicted molar refractivity (Wildman–Crippen MR) is 218 cm³/mol. The zero-order valence-corrected chi connectivity index (χ0v) is 25.4. The maximum absolute atomic E-state index is 9.64. The molecule has 0 unspecified atom stereocenters. The van der Waals surface area contributed by atoms with Crippen molar-refractivity contribution < 1.29 is 45.5 Å². The summed E-state index contributed by atoms with van der Waals surface area (Å²) in [5.41, 5.74) is -6.07. The fraction of sp³-hybridized carbons (Fsp3) is 0. The third-order valence-electron chi connectivity index (χ3n) is 8.57. The van der Waals surface area contributed by atoms with Crippen molar-refractivity contribution >= 4 is 75.8 Å². The first kappa shape index (κ1) is 11.7. The van der Waals surface area contributed by atoms with Crippen LogP contribution in [-0.2, 0) is 0 Å². The Bertz CT molecular complexity index is 4850. The van der Waals surface area contributed by atoms with Crippen LogP contribution in [0.1, 0.15) is 41.1 Å². The summed E-state index contributed by atoms with van der Waals surface area (Å²) in [5.74, 6) is 0. The smallest absolute Gasteiger partial charge is 0.136 e. The standard InChI is InChI=1S/C50H30O/c1-2-13-33-29-35(24-23-31(33)11-1)48-41-15-5-7-17-43(41)49(44-18-8-6-16-42(44)48)40-22-10-20-38-36(19-9-21-39(38)40)34-25-27-45-47(30-34)51-46-28-26-32-12-3-4-14-37(32)50(45)46/h1-30H/i1D,2D,3D,4D,5D,6D,7D,8D,9D,10D,11D,12D,13D,14D,15D,16D,17D,18D,19D,20D,21D,22D,23D,24D,25D,26D,27D,28D,29D,30D. The van der Waals surface area contributed by atoms with Gasteiger partial charge in [-0.3, -0.25) is 0 Å². The van der Waals surface area contributed by atoms with Crippen LogP contribution in [0.4, 0.5) is 0 Å². The van der Waals surface area contributed by atoms with Gasteiger partial charge in [-0.05, 0) is 111 Å². The maximum atomic E-state index is 9.64. The largest absolute Gasteiger partial charge is 0.456 e. The lowest BCUT2D eigenvalue weighted by Gasteiger charge is -2.19. The molecule has 0 aliphatic rings. The van der Waals surface area contributed by atoms with Gasteiger partial charge in [-0.15, -0.1) is 0 Å². The Labute approximate surface area is 336 Å². The average Bonchev–Trinajstić information content (AvgIpc) is 3.96. The normalized spacial score (nSPS) is 20.2. The van der Waals surface area contributed by atoms with Gasteiger partial charge in [0.05, 0.1) is 41.1 Å². The minimum atomic E-state index is -1.11. The molecule has 0 saturated carbocycles. The summed E-state index contributed by atoms with van der Waals surface area (Å²) in [6.07, 6.45) is 0. The van der Waals surface area contributed by atoms with Gasteiger partial charge in [0.25, 0.3) is 0 Å². The zero-order valence-electron chi connectivity index (χ0n) is 55.4. The molecule has 11 aromatic rings. The van der Waals surface area contributed by atoms with E-state index in [1.165, 1.54) is 0 Å². The Morgan fingerprint density at radius 1 is 0.314 bits per heavy atom. The highest BCUT2D eigenvalue weighted by molar-refractivity contribution is 6.24. The van der Waals surface area contributed by atoms with Crippen LogP contribution in [0.5, 0.6) is 0 Å². The van der Waals surface area contributed by atoms with Gasteiger partial charge in [-0.1, -0.05) is 157 Å². The van der Waals surface area contributed by atoms with Gasteiger partial charge < -0.3 is 4.42 Å². The molecule has 1 aromatic heterocycles. The molecule has 10 aromatic carbocycles. The fourth-order valence-corrected chi connectivity index (χ4v) is 6.42. The molecule has 1 nitrogen and oxygen atoms in total. The van der Waals surface area contributed by atoms with E-state index in [0.717, 1.165) is 0 Å². The van der Waals surface area contributed by atoms with E-state index in [0.29, 0.717) is 0 Å². The SMILES string of the molecule is [2H]c1c([2H])c([2H])c2c([2H])c(-c3c4c([2H])c([2H])c([2H])c([2H])c4c(-c4c([2H])c([2H])c([2H])c5c(-c6c([2H])c([2H])c7c(oc8c([2H])c([2H])c9c([2H])c([2H])c([2H])c([2H])c9c87)c6[2H])c([2H])c([2H])c([2H])c45)c4c([2H])c([2H])c([2H])c([2H])c34)c([2H])c([2H])c2c1[2H]. The molecule has 0 atom stereocenters. The van der Waals surface area contributed by atoms with E-state index in [4.69, 9.17) is 25.0 Å². The van der Waals surface area contributed by atoms with Crippen molar-refractivity contribution in [3.63, 3.8) is 0 Å². The molecule has 0 N–H and O–H groups in total. The molecule has 0 saturated heterocycles. The molecule has 0 aliphatic heterocycles. The first-order chi connectivity index (χ1) is 37.8. The van der Waals surface area contributed by atoms with Gasteiger partial charge in [0.15, 0.2) is 0 Å². The van der Waals surface area contributed by atoms with Gasteiger partial charge in [0.2, 0.25) is 0 Å². The van der Waals surface area contributed by atoms with Gasteiger partial charge >= 0.3 is 0 Å². The lowest BCUT2D eigenvalue weighted by molar-refractivity contribution is 0.669. The van der Waals surface area contributed by atoms with Crippen LogP contribution < -0.4 is 0 Å². The Balaban J connectivity index is 1.40. The van der Waals surface area contributed by atoms with E-state index < -0.39 is 285 Å². The number of furan rings is 1. The molecule has 11 rings (SSSR count). The summed E-state index contributed by atoms with van der Waals surface area (Å²) in [6.45, 7) is 0. The fourth-order valence-electron chi connectivity index (χ4n) is 6.42. The van der Waals surface area contributed by atoms with Crippen LogP contribution in [0.3, 0.4) is 0 Å². The van der Waals surface area contributed by atoms with Crippen LogP contribution >= 0.6 is 0 Å². The molecule has 236 valence electrons. The van der Waals surface area contributed by atoms with Crippen molar-refractivity contribution in [2.75, 3.05) is 0 Å². The number of benzene rings is 10. The molecule has 0 amide bonds. The third-order valence-corrected chi connectivity index (χ3v) is 8.57. The average molecular weight is 677 g/mol. The van der Waals surface area contributed by atoms with E-state index in [-0.39, 0.29) is 5.39 Å². The van der Waals surface area contributed by atoms with Crippen molar-refractivity contribution in [3.8, 4) is 33.4 Å². The van der Waals surface area contributed by atoms with Crippen molar-refractivity contribution in [2.45, 2.75) is 0 Å². The molecular formula is C50H30O. The molecule has 1 heteroatoms. The van der Waals surface area contributed by atoms with Crippen LogP contribution in [0, 0.1) is 0 Å². The summed E-state index contributed by atoms with van der Waals surface area (Å²) in [5, 5.41) is -7.71. The molecule has 0 fully saturated rings. The van der Waals surface area contributed by atoms with Gasteiger partial charge in [-0.25, -0.2) is 0 Å². The number of hydrogen-bond donors (Lipinski definition) is 0. The molecule has 51 heavy (non-hydrogen) atoms. The number of fused-ring (bicyclic) bond motifs is 9. The van der Waals surface area contributed by atoms with E-state index in [9.17, 15) is 20.6 Å². The van der Waals surface area contributed by atoms with Crippen molar-refractivity contribution in [1.82, 2.24) is 0 Å². The van der Waals surface area contributed by atoms with E-state index in [2.05, 4.69) is 0 Å². The van der Waals surface area contributed by atoms with Gasteiger partial charge in [0, 0.05) is 10.8 Å². The summed E-state index contributed by atoms with van der Waals surface area (Å²) in [4.78, 5) is 0. The van der Waals surface area contributed by atoms with Gasteiger partial charge in [-0.2, -0.15) is 0 Å². The zero-order chi connectivity index (χ0) is 59.6. The quantitative estimate of drug-likeness (QED) is 0.170. The minimum absolute atomic E-state index is 0.362. The number of rotatable bonds is 3. The topological polar surface area (TPSA) is 13.1 Å². The highest BCUT2D eigenvalue weighted by Gasteiger charge is 2.19. The lowest BCUT2D eigenvalue weighted by Crippen LogP contribution is -1.92. The van der Waals surface area contributed by atoms with Crippen LogP contribution in [0.2, 0.25) is 0 Å². The Hall–Kier alpha value is -6.70. The molecular weight excluding hydrogens is 617 g/mol. The monoisotopic (exact) mass is 676 g/mol. The van der Waals surface area contributed by atoms with Crippen LogP contribution in [0.15, 0.2) is 186 Å². The van der Waals surface area contributed by atoms with E-state index in [1.807, 2.05) is 0 Å². The summed E-state index contributed by atoms with van der Waals surface area (Å²) < 4.78 is 279. The second-order valence-corrected chi connectivity index (χ2v) is 11.3. The lowest BCUT2D eigenvalue weighted by atomic mass is 9.84. The van der Waals surface area contributed by atoms with E-state index in [1.54, 1.807) is 0 Å². The summed E-state index contributed by atoms with van der Waals surface area (Å²) >= 11 is 0. The Kier molecular flexibility index (Phi) is 2.50. The van der Waals surface area contributed by atoms with Crippen LogP contribution in [0.25, 0.3) is 109 Å². The second kappa shape index (κ2) is 10.9. The van der Waals surface area contributed by atoms with E-state index >= 15 is 0 Å². The third kappa shape index (κ3) is 4.22. The molecule has 1 heterocycles. The number of hydrogen-bond acceptors (Lipinski definition) is 1. The van der Waals surface area contributed by atoms with Crippen molar-refractivity contribution in [2.24, 2.45) is 0 Å². The minimum Gasteiger partial charge on any atom is -0.456 e. The summed E-state index contributed by atoms with van der Waals surface area (Å²) in [6, 6.07) is -28.2. The first-order valence-corrected chi connectivity index (χ1v) is 15.2. The summed E-state index contributed by atoms with van der Waals surface area (Å²) in [7, 11) is 0. The molecule has 0 aliphatic carbocycles. The highest BCUT2D eigenvalue weighted by Crippen LogP contribution is 2.47. The highest BCUT2D eigenvalue weighted by atomic mass is 16.3. The van der Waals surface area contributed by atoms with Gasteiger partial charge in [0.1, 0.15) is 11.2 Å². The van der Waals surface area contributed by atoms with Crippen molar-refractivity contribution in [1.29, 1.82) is 0 Å². The van der Waals surface area contributed by atoms with Crippen molar-refractivity contribution in [3.05, 3.63) is 181 Å². The molecule has 0 bridgehead atoms. The first-order valence-electron chi connectivity index (χ1n) is 30.2. The Morgan fingerprint density at radius 3 is 1.61 bits per heavy atom. The van der Waals surface area contributed by atoms with Crippen LogP contribution in [-0.4, -0.2) is 0 Å². The molecule has 0 radical (unpaired) electrons. The predicted octanol–water partition coefficient (Wildman–Crippen LogP) is 14.4. The Morgan fingerprint density at radius 2 is 0.863 bits per heavy atom. The maximum Gasteiger partial charge on any atom is 0.136 e. The molecule has 0 spiro atoms.